The number of aromatic amines is 1. The molecule has 2 heterocycles. The molecule has 0 aliphatic carbocycles. The lowest BCUT2D eigenvalue weighted by Gasteiger charge is -2.01. The van der Waals surface area contributed by atoms with Crippen LogP contribution in [0.5, 0.6) is 0 Å². The summed E-state index contributed by atoms with van der Waals surface area (Å²) in [4.78, 5) is 45.0. The summed E-state index contributed by atoms with van der Waals surface area (Å²) < 4.78 is 1.33. The van der Waals surface area contributed by atoms with Crippen LogP contribution in [0.15, 0.2) is 93.6 Å². The monoisotopic (exact) mass is 453 g/mol. The topological polar surface area (TPSA) is 148 Å². The SMILES string of the molecule is O=c1[nH]n2c(nc(-c3ccccc3)c1=NNc1cccc([N+](=O)[O-])c1)nc(=O)c1ccccc12. The third-order valence-electron chi connectivity index (χ3n) is 5.04. The normalized spacial score (nSPS) is 11.6. The zero-order valence-corrected chi connectivity index (χ0v) is 17.4. The number of anilines is 1. The lowest BCUT2D eigenvalue weighted by atomic mass is 10.1. The zero-order valence-electron chi connectivity index (χ0n) is 17.4. The number of rotatable bonds is 4. The number of benzene rings is 3. The number of fused-ring (bicyclic) bond motifs is 3. The molecule has 11 nitrogen and oxygen atoms in total. The van der Waals surface area contributed by atoms with Crippen molar-refractivity contribution in [3.8, 4) is 11.3 Å². The molecule has 0 fully saturated rings. The second-order valence-electron chi connectivity index (χ2n) is 7.22. The highest BCUT2D eigenvalue weighted by Crippen LogP contribution is 2.17. The molecule has 0 unspecified atom stereocenters. The van der Waals surface area contributed by atoms with Crippen LogP contribution < -0.4 is 21.9 Å². The number of H-pyrrole nitrogens is 1. The van der Waals surface area contributed by atoms with Crippen LogP contribution in [-0.4, -0.2) is 24.5 Å². The van der Waals surface area contributed by atoms with E-state index in [4.69, 9.17) is 0 Å². The van der Waals surface area contributed by atoms with E-state index in [0.717, 1.165) is 0 Å². The molecule has 0 bridgehead atoms. The Morgan fingerprint density at radius 3 is 2.50 bits per heavy atom. The number of aromatic nitrogens is 4. The van der Waals surface area contributed by atoms with Gasteiger partial charge in [0.15, 0.2) is 5.36 Å². The van der Waals surface area contributed by atoms with E-state index in [1.54, 1.807) is 54.6 Å². The Morgan fingerprint density at radius 2 is 1.71 bits per heavy atom. The molecule has 5 rings (SSSR count). The molecule has 0 spiro atoms. The van der Waals surface area contributed by atoms with Gasteiger partial charge in [0, 0.05) is 17.7 Å². The molecule has 0 saturated carbocycles. The van der Waals surface area contributed by atoms with Crippen molar-refractivity contribution in [1.29, 1.82) is 0 Å². The van der Waals surface area contributed by atoms with E-state index in [0.29, 0.717) is 22.2 Å². The van der Waals surface area contributed by atoms with Crippen LogP contribution in [0.3, 0.4) is 0 Å². The molecular weight excluding hydrogens is 438 g/mol. The summed E-state index contributed by atoms with van der Waals surface area (Å²) in [5, 5.41) is 18.2. The molecule has 0 aliphatic rings. The third-order valence-corrected chi connectivity index (χ3v) is 5.04. The largest absolute Gasteiger partial charge is 0.292 e. The molecule has 0 aliphatic heterocycles. The lowest BCUT2D eigenvalue weighted by molar-refractivity contribution is -0.384. The molecule has 0 radical (unpaired) electrons. The van der Waals surface area contributed by atoms with E-state index in [-0.39, 0.29) is 22.5 Å². The van der Waals surface area contributed by atoms with Crippen molar-refractivity contribution < 1.29 is 4.92 Å². The summed E-state index contributed by atoms with van der Waals surface area (Å²) in [6.07, 6.45) is 0. The minimum absolute atomic E-state index is 0.0172. The number of hydrogen-bond acceptors (Lipinski definition) is 8. The van der Waals surface area contributed by atoms with Crippen molar-refractivity contribution in [2.45, 2.75) is 0 Å². The van der Waals surface area contributed by atoms with Gasteiger partial charge in [0.1, 0.15) is 5.69 Å². The third kappa shape index (κ3) is 3.77. The maximum Gasteiger partial charge on any atom is 0.292 e. The van der Waals surface area contributed by atoms with Gasteiger partial charge in [-0.25, -0.2) is 9.50 Å². The Labute approximate surface area is 189 Å². The van der Waals surface area contributed by atoms with E-state index < -0.39 is 16.0 Å². The van der Waals surface area contributed by atoms with E-state index in [9.17, 15) is 19.7 Å². The standard InChI is InChI=1S/C23H15N7O4/c31-21-17-11-4-5-12-18(17)29-23(25-21)24-19(14-7-2-1-3-8-14)20(22(32)28-29)27-26-15-9-6-10-16(13-15)30(33)34/h1-13,26H,(H,28,32). The first kappa shape index (κ1) is 20.7. The number of hydrogen-bond donors (Lipinski definition) is 2. The summed E-state index contributed by atoms with van der Waals surface area (Å²) in [6, 6.07) is 21.2. The average molecular weight is 453 g/mol. The zero-order chi connectivity index (χ0) is 23.7. The van der Waals surface area contributed by atoms with Crippen LogP contribution in [-0.2, 0) is 0 Å². The molecule has 2 aromatic heterocycles. The summed E-state index contributed by atoms with van der Waals surface area (Å²) >= 11 is 0. The molecule has 0 amide bonds. The first-order valence-electron chi connectivity index (χ1n) is 10.1. The highest BCUT2D eigenvalue weighted by molar-refractivity contribution is 5.79. The number of nitro benzene ring substituents is 1. The van der Waals surface area contributed by atoms with Gasteiger partial charge in [0.25, 0.3) is 22.6 Å². The lowest BCUT2D eigenvalue weighted by Crippen LogP contribution is -2.29. The quantitative estimate of drug-likeness (QED) is 0.314. The second-order valence-corrected chi connectivity index (χ2v) is 7.22. The van der Waals surface area contributed by atoms with Crippen LogP contribution in [0.2, 0.25) is 0 Å². The Bertz CT molecular complexity index is 1760. The highest BCUT2D eigenvalue weighted by atomic mass is 16.6. The van der Waals surface area contributed by atoms with E-state index in [1.807, 2.05) is 6.07 Å². The van der Waals surface area contributed by atoms with Gasteiger partial charge in [0.2, 0.25) is 0 Å². The van der Waals surface area contributed by atoms with Gasteiger partial charge < -0.3 is 0 Å². The van der Waals surface area contributed by atoms with Gasteiger partial charge in [-0.3, -0.25) is 30.2 Å². The molecule has 2 N–H and O–H groups in total. The first-order valence-corrected chi connectivity index (χ1v) is 10.1. The summed E-state index contributed by atoms with van der Waals surface area (Å²) in [5.41, 5.74) is 2.93. The first-order chi connectivity index (χ1) is 16.5. The van der Waals surface area contributed by atoms with Crippen molar-refractivity contribution in [2.75, 3.05) is 5.43 Å². The maximum atomic E-state index is 13.3. The van der Waals surface area contributed by atoms with Gasteiger partial charge in [-0.1, -0.05) is 48.5 Å². The van der Waals surface area contributed by atoms with E-state index >= 15 is 0 Å². The van der Waals surface area contributed by atoms with Crippen LogP contribution in [0.25, 0.3) is 27.9 Å². The fraction of sp³-hybridized carbons (Fsp3) is 0. The predicted molar refractivity (Wildman–Crippen MR) is 125 cm³/mol. The minimum atomic E-state index is -0.616. The Morgan fingerprint density at radius 1 is 0.941 bits per heavy atom. The average Bonchev–Trinajstić information content (AvgIpc) is 3.00. The van der Waals surface area contributed by atoms with Crippen molar-refractivity contribution in [2.24, 2.45) is 5.10 Å². The van der Waals surface area contributed by atoms with Crippen LogP contribution in [0, 0.1) is 10.1 Å². The number of nitrogens with zero attached hydrogens (tertiary/aromatic N) is 5. The summed E-state index contributed by atoms with van der Waals surface area (Å²) in [6.45, 7) is 0. The van der Waals surface area contributed by atoms with Crippen molar-refractivity contribution in [3.63, 3.8) is 0 Å². The van der Waals surface area contributed by atoms with Crippen LogP contribution >= 0.6 is 0 Å². The number of non-ortho nitro benzene ring substituents is 1. The molecule has 34 heavy (non-hydrogen) atoms. The number of para-hydroxylation sites is 1. The molecule has 0 saturated heterocycles. The van der Waals surface area contributed by atoms with Crippen molar-refractivity contribution in [1.82, 2.24) is 19.6 Å². The second kappa shape index (κ2) is 8.39. The van der Waals surface area contributed by atoms with Gasteiger partial charge >= 0.3 is 0 Å². The van der Waals surface area contributed by atoms with Gasteiger partial charge in [-0.05, 0) is 18.2 Å². The van der Waals surface area contributed by atoms with Crippen molar-refractivity contribution >= 4 is 28.1 Å². The molecule has 0 atom stereocenters. The smallest absolute Gasteiger partial charge is 0.277 e. The Balaban J connectivity index is 1.83. The van der Waals surface area contributed by atoms with E-state index in [2.05, 4.69) is 25.6 Å². The highest BCUT2D eigenvalue weighted by Gasteiger charge is 2.12. The van der Waals surface area contributed by atoms with Gasteiger partial charge in [0.05, 0.1) is 21.5 Å². The summed E-state index contributed by atoms with van der Waals surface area (Å²) in [5.74, 6) is -0.0172. The van der Waals surface area contributed by atoms with Crippen LogP contribution in [0.4, 0.5) is 11.4 Å². The van der Waals surface area contributed by atoms with E-state index in [1.165, 1.54) is 22.7 Å². The van der Waals surface area contributed by atoms with Crippen molar-refractivity contribution in [3.05, 3.63) is 115 Å². The molecule has 166 valence electrons. The van der Waals surface area contributed by atoms with Gasteiger partial charge in [-0.15, -0.1) is 0 Å². The Hall–Kier alpha value is -5.19. The van der Waals surface area contributed by atoms with Gasteiger partial charge in [-0.2, -0.15) is 10.1 Å². The Kier molecular flexibility index (Phi) is 5.11. The molecule has 11 heteroatoms. The number of nitro groups is 1. The predicted octanol–water partition coefficient (Wildman–Crippen LogP) is 2.43. The maximum absolute atomic E-state index is 13.3. The number of nitrogens with one attached hydrogen (secondary N) is 2. The van der Waals surface area contributed by atoms with Crippen LogP contribution in [0.1, 0.15) is 0 Å². The molecule has 3 aromatic carbocycles. The fourth-order valence-corrected chi connectivity index (χ4v) is 3.47. The molecule has 5 aromatic rings. The molecular formula is C23H15N7O4. The summed E-state index contributed by atoms with van der Waals surface area (Å²) in [7, 11) is 0. The fourth-order valence-electron chi connectivity index (χ4n) is 3.47. The minimum Gasteiger partial charge on any atom is -0.277 e.